The Kier molecular flexibility index (Phi) is 6.16. The average Bonchev–Trinajstić information content (AvgIpc) is 3.45. The topological polar surface area (TPSA) is 66.5 Å². The van der Waals surface area contributed by atoms with E-state index in [0.717, 1.165) is 22.4 Å². The van der Waals surface area contributed by atoms with Crippen LogP contribution in [-0.4, -0.2) is 29.6 Å². The highest BCUT2D eigenvalue weighted by Gasteiger charge is 2.70. The lowest BCUT2D eigenvalue weighted by Gasteiger charge is -2.39. The minimum absolute atomic E-state index is 0.174. The number of hydrogen-bond donors (Lipinski definition) is 1. The van der Waals surface area contributed by atoms with Crippen LogP contribution in [0, 0.1) is 12.8 Å². The maximum absolute atomic E-state index is 14.9. The van der Waals surface area contributed by atoms with E-state index in [-0.39, 0.29) is 28.1 Å². The fraction of sp³-hybridized carbons (Fsp3) is 0.171. The Morgan fingerprint density at radius 3 is 2.36 bits per heavy atom. The minimum Gasteiger partial charge on any atom is -0.352 e. The van der Waals surface area contributed by atoms with Crippen molar-refractivity contribution in [2.45, 2.75) is 31.3 Å². The fourth-order valence-electron chi connectivity index (χ4n) is 7.18. The predicted molar refractivity (Wildman–Crippen MR) is 167 cm³/mol. The van der Waals surface area contributed by atoms with Crippen LogP contribution < -0.4 is 10.2 Å². The summed E-state index contributed by atoms with van der Waals surface area (Å²) in [5.41, 5.74) is 4.44. The van der Waals surface area contributed by atoms with Crippen LogP contribution in [0.15, 0.2) is 97.1 Å². The first-order chi connectivity index (χ1) is 20.2. The van der Waals surface area contributed by atoms with Gasteiger partial charge in [-0.05, 0) is 61.4 Å². The molecule has 3 heterocycles. The van der Waals surface area contributed by atoms with Crippen molar-refractivity contribution in [3.63, 3.8) is 0 Å². The maximum atomic E-state index is 14.9. The van der Waals surface area contributed by atoms with Gasteiger partial charge in [-0.15, -0.1) is 0 Å². The maximum Gasteiger partial charge on any atom is 0.238 e. The van der Waals surface area contributed by atoms with Crippen molar-refractivity contribution in [3.8, 4) is 0 Å². The number of hydrogen-bond acceptors (Lipinski definition) is 4. The number of nitrogens with one attached hydrogen (secondary N) is 1. The third-order valence-electron chi connectivity index (χ3n) is 8.94. The van der Waals surface area contributed by atoms with Gasteiger partial charge in [0.05, 0.1) is 17.0 Å². The van der Waals surface area contributed by atoms with Crippen LogP contribution in [0.3, 0.4) is 0 Å². The Balaban J connectivity index is 1.57. The number of carbonyl (C=O) groups is 3. The number of aryl methyl sites for hydroxylation is 1. The molecule has 0 bridgehead atoms. The molecule has 42 heavy (non-hydrogen) atoms. The molecule has 1 spiro atoms. The van der Waals surface area contributed by atoms with Gasteiger partial charge in [0.15, 0.2) is 11.6 Å². The molecule has 3 aliphatic heterocycles. The highest BCUT2D eigenvalue weighted by molar-refractivity contribution is 6.37. The zero-order chi connectivity index (χ0) is 29.3. The molecule has 0 radical (unpaired) electrons. The standard InChI is InChI=1S/C35H26Cl2N2O3/c1-19-12-15-28-24(16-19)20(2)17-29-35(25-10-6-7-11-27(25)38-34(35)42)30(33(41)23-14-13-22(36)18-26(23)37)31(39(28)29)32(40)21-8-4-3-5-9-21/h3-18,29-31H,1-2H3,(H,38,42). The highest BCUT2D eigenvalue weighted by atomic mass is 35.5. The SMILES string of the molecule is CC1=CC2N(c3ccc(C)cc31)C(C(=O)c1ccccc1)C(C(=O)c1ccc(Cl)cc1Cl)C21C(=O)Nc2ccccc21. The Morgan fingerprint density at radius 1 is 0.857 bits per heavy atom. The van der Waals surface area contributed by atoms with Gasteiger partial charge in [-0.1, -0.05) is 89.4 Å². The number of ketones is 2. The molecule has 4 unspecified atom stereocenters. The smallest absolute Gasteiger partial charge is 0.238 e. The van der Waals surface area contributed by atoms with Crippen molar-refractivity contribution in [1.82, 2.24) is 0 Å². The Bertz CT molecular complexity index is 1850. The number of para-hydroxylation sites is 1. The molecule has 7 heteroatoms. The van der Waals surface area contributed by atoms with Gasteiger partial charge in [0.25, 0.3) is 0 Å². The summed E-state index contributed by atoms with van der Waals surface area (Å²) in [5, 5.41) is 3.62. The third-order valence-corrected chi connectivity index (χ3v) is 9.49. The summed E-state index contributed by atoms with van der Waals surface area (Å²) in [6, 6.07) is 25.6. The lowest BCUT2D eigenvalue weighted by atomic mass is 9.64. The quantitative estimate of drug-likeness (QED) is 0.248. The number of rotatable bonds is 4. The molecule has 3 aliphatic rings. The van der Waals surface area contributed by atoms with Gasteiger partial charge < -0.3 is 10.2 Å². The van der Waals surface area contributed by atoms with Crippen LogP contribution in [-0.2, 0) is 10.2 Å². The number of Topliss-reactive ketones (excluding diaryl/α,β-unsaturated/α-hetero) is 2. The zero-order valence-corrected chi connectivity index (χ0v) is 24.4. The summed E-state index contributed by atoms with van der Waals surface area (Å²) in [7, 11) is 0. The van der Waals surface area contributed by atoms with Crippen molar-refractivity contribution in [1.29, 1.82) is 0 Å². The van der Waals surface area contributed by atoms with Crippen LogP contribution in [0.25, 0.3) is 5.57 Å². The van der Waals surface area contributed by atoms with Gasteiger partial charge in [-0.3, -0.25) is 14.4 Å². The number of amides is 1. The molecule has 4 aromatic carbocycles. The number of benzene rings is 4. The monoisotopic (exact) mass is 592 g/mol. The molecule has 4 aromatic rings. The van der Waals surface area contributed by atoms with Crippen LogP contribution in [0.2, 0.25) is 10.0 Å². The van der Waals surface area contributed by atoms with Crippen LogP contribution >= 0.6 is 23.2 Å². The van der Waals surface area contributed by atoms with E-state index >= 15 is 0 Å². The molecule has 1 fully saturated rings. The summed E-state index contributed by atoms with van der Waals surface area (Å²) in [5.74, 6) is -2.04. The number of fused-ring (bicyclic) bond motifs is 6. The zero-order valence-electron chi connectivity index (χ0n) is 22.9. The van der Waals surface area contributed by atoms with Gasteiger partial charge in [0, 0.05) is 33.1 Å². The van der Waals surface area contributed by atoms with E-state index < -0.39 is 23.4 Å². The summed E-state index contributed by atoms with van der Waals surface area (Å²) >= 11 is 12.8. The number of anilines is 2. The molecular weight excluding hydrogens is 567 g/mol. The van der Waals surface area contributed by atoms with Gasteiger partial charge in [-0.2, -0.15) is 0 Å². The lowest BCUT2D eigenvalue weighted by molar-refractivity contribution is -0.121. The van der Waals surface area contributed by atoms with E-state index in [2.05, 4.69) is 11.4 Å². The second-order valence-electron chi connectivity index (χ2n) is 11.2. The normalized spacial score (nSPS) is 23.6. The Hall–Kier alpha value is -4.19. The van der Waals surface area contributed by atoms with Crippen LogP contribution in [0.4, 0.5) is 11.4 Å². The van der Waals surface area contributed by atoms with E-state index in [9.17, 15) is 14.4 Å². The first-order valence-corrected chi connectivity index (χ1v) is 14.6. The van der Waals surface area contributed by atoms with Crippen molar-refractivity contribution in [2.24, 2.45) is 5.92 Å². The summed E-state index contributed by atoms with van der Waals surface area (Å²) in [4.78, 5) is 46.1. The van der Waals surface area contributed by atoms with E-state index in [1.54, 1.807) is 36.4 Å². The molecule has 1 amide bonds. The second kappa shape index (κ2) is 9.69. The van der Waals surface area contributed by atoms with Crippen LogP contribution in [0.5, 0.6) is 0 Å². The fourth-order valence-corrected chi connectivity index (χ4v) is 7.68. The van der Waals surface area contributed by atoms with E-state index in [1.807, 2.05) is 67.3 Å². The lowest BCUT2D eigenvalue weighted by Crippen LogP contribution is -2.51. The molecule has 1 saturated heterocycles. The van der Waals surface area contributed by atoms with Crippen molar-refractivity contribution < 1.29 is 14.4 Å². The largest absolute Gasteiger partial charge is 0.352 e. The van der Waals surface area contributed by atoms with Gasteiger partial charge in [-0.25, -0.2) is 0 Å². The Labute approximate surface area is 253 Å². The highest BCUT2D eigenvalue weighted by Crippen LogP contribution is 2.59. The van der Waals surface area contributed by atoms with Crippen molar-refractivity contribution in [3.05, 3.63) is 135 Å². The summed E-state index contributed by atoms with van der Waals surface area (Å²) < 4.78 is 0. The number of halogens is 2. The van der Waals surface area contributed by atoms with E-state index in [1.165, 1.54) is 6.07 Å². The summed E-state index contributed by atoms with van der Waals surface area (Å²) in [6.07, 6.45) is 2.05. The first-order valence-electron chi connectivity index (χ1n) is 13.8. The Morgan fingerprint density at radius 2 is 1.60 bits per heavy atom. The van der Waals surface area contributed by atoms with Gasteiger partial charge in [0.1, 0.15) is 11.5 Å². The molecule has 0 aromatic heterocycles. The number of carbonyl (C=O) groups excluding carboxylic acids is 3. The second-order valence-corrected chi connectivity index (χ2v) is 12.1. The molecule has 4 atom stereocenters. The molecule has 0 aliphatic carbocycles. The summed E-state index contributed by atoms with van der Waals surface area (Å²) in [6.45, 7) is 4.04. The minimum atomic E-state index is -1.41. The molecule has 0 saturated carbocycles. The number of nitrogens with zero attached hydrogens (tertiary/aromatic N) is 1. The first kappa shape index (κ1) is 26.7. The molecule has 1 N–H and O–H groups in total. The average molecular weight is 594 g/mol. The molecule has 208 valence electrons. The van der Waals surface area contributed by atoms with Crippen LogP contribution in [0.1, 0.15) is 44.3 Å². The van der Waals surface area contributed by atoms with Crippen molar-refractivity contribution >= 4 is 57.6 Å². The molecular formula is C35H26Cl2N2O3. The van der Waals surface area contributed by atoms with Gasteiger partial charge in [0.2, 0.25) is 5.91 Å². The third kappa shape index (κ3) is 3.67. The predicted octanol–water partition coefficient (Wildman–Crippen LogP) is 7.55. The van der Waals surface area contributed by atoms with E-state index in [4.69, 9.17) is 23.2 Å². The molecule has 5 nitrogen and oxygen atoms in total. The number of allylic oxidation sites excluding steroid dienone is 1. The van der Waals surface area contributed by atoms with Crippen molar-refractivity contribution in [2.75, 3.05) is 10.2 Å². The van der Waals surface area contributed by atoms with E-state index in [0.29, 0.717) is 21.8 Å². The molecule has 7 rings (SSSR count). The van der Waals surface area contributed by atoms with Gasteiger partial charge >= 0.3 is 0 Å².